The second-order valence-electron chi connectivity index (χ2n) is 4.09. The first kappa shape index (κ1) is 12.5. The molecule has 2 N–H and O–H groups in total. The summed E-state index contributed by atoms with van der Waals surface area (Å²) in [6, 6.07) is 8.18. The zero-order chi connectivity index (χ0) is 13.0. The molecule has 0 saturated heterocycles. The van der Waals surface area contributed by atoms with Crippen LogP contribution in [0.5, 0.6) is 0 Å². The Kier molecular flexibility index (Phi) is 3.88. The van der Waals surface area contributed by atoms with Crippen LogP contribution in [-0.2, 0) is 20.1 Å². The van der Waals surface area contributed by atoms with Crippen LogP contribution in [0.4, 0.5) is 5.95 Å². The lowest BCUT2D eigenvalue weighted by Crippen LogP contribution is -2.26. The Morgan fingerprint density at radius 2 is 2.00 bits per heavy atom. The molecule has 0 aliphatic heterocycles. The third-order valence-electron chi connectivity index (χ3n) is 2.96. The van der Waals surface area contributed by atoms with E-state index < -0.39 is 0 Å². The molecular weight excluding hydrogens is 228 g/mol. The summed E-state index contributed by atoms with van der Waals surface area (Å²) in [4.78, 5) is 2.12. The monoisotopic (exact) mass is 246 g/mol. The minimum absolute atomic E-state index is 0.546. The number of nitrogens with two attached hydrogens (primary N) is 1. The first-order valence-electron chi connectivity index (χ1n) is 6.00. The third-order valence-corrected chi connectivity index (χ3v) is 2.96. The summed E-state index contributed by atoms with van der Waals surface area (Å²) < 4.78 is 1.68. The molecule has 1 aromatic heterocycles. The van der Waals surface area contributed by atoms with Gasteiger partial charge in [0.25, 0.3) is 0 Å². The van der Waals surface area contributed by atoms with Gasteiger partial charge in [0.15, 0.2) is 0 Å². The standard InChI is InChI=1S/C12H18N6/c1-3-18(12-14-15-16-17(12)2)9-11-7-5-4-6-10(11)8-13/h4-7H,3,8-9,13H2,1-2H3. The summed E-state index contributed by atoms with van der Waals surface area (Å²) in [5, 5.41) is 11.6. The number of aryl methyl sites for hydroxylation is 1. The smallest absolute Gasteiger partial charge is 0.245 e. The van der Waals surface area contributed by atoms with Crippen molar-refractivity contribution in [2.45, 2.75) is 20.0 Å². The van der Waals surface area contributed by atoms with E-state index >= 15 is 0 Å². The highest BCUT2D eigenvalue weighted by atomic mass is 15.6. The van der Waals surface area contributed by atoms with E-state index in [-0.39, 0.29) is 0 Å². The number of hydrogen-bond donors (Lipinski definition) is 1. The molecule has 0 unspecified atom stereocenters. The van der Waals surface area contributed by atoms with Crippen molar-refractivity contribution in [3.05, 3.63) is 35.4 Å². The van der Waals surface area contributed by atoms with Gasteiger partial charge >= 0.3 is 0 Å². The van der Waals surface area contributed by atoms with Gasteiger partial charge in [-0.15, -0.1) is 0 Å². The number of anilines is 1. The molecule has 0 amide bonds. The number of rotatable bonds is 5. The van der Waals surface area contributed by atoms with E-state index in [2.05, 4.69) is 39.5 Å². The lowest BCUT2D eigenvalue weighted by Gasteiger charge is -2.21. The van der Waals surface area contributed by atoms with E-state index in [0.717, 1.165) is 24.6 Å². The van der Waals surface area contributed by atoms with E-state index in [1.165, 1.54) is 5.56 Å². The highest BCUT2D eigenvalue weighted by molar-refractivity contribution is 5.34. The van der Waals surface area contributed by atoms with Crippen molar-refractivity contribution in [3.8, 4) is 0 Å². The van der Waals surface area contributed by atoms with Crippen LogP contribution in [0.25, 0.3) is 0 Å². The molecule has 2 rings (SSSR count). The largest absolute Gasteiger partial charge is 0.336 e. The van der Waals surface area contributed by atoms with Gasteiger partial charge in [-0.25, -0.2) is 4.68 Å². The molecule has 0 saturated carbocycles. The SMILES string of the molecule is CCN(Cc1ccccc1CN)c1nnnn1C. The normalized spacial score (nSPS) is 10.6. The van der Waals surface area contributed by atoms with Gasteiger partial charge in [0, 0.05) is 26.7 Å². The minimum atomic E-state index is 0.546. The number of nitrogens with zero attached hydrogens (tertiary/aromatic N) is 5. The predicted molar refractivity (Wildman–Crippen MR) is 69.9 cm³/mol. The first-order valence-corrected chi connectivity index (χ1v) is 6.00. The molecule has 0 bridgehead atoms. The van der Waals surface area contributed by atoms with E-state index in [0.29, 0.717) is 6.54 Å². The summed E-state index contributed by atoms with van der Waals surface area (Å²) in [6.45, 7) is 4.23. The fourth-order valence-corrected chi connectivity index (χ4v) is 1.93. The van der Waals surface area contributed by atoms with Gasteiger partial charge in [-0.3, -0.25) is 0 Å². The van der Waals surface area contributed by atoms with Crippen LogP contribution in [-0.4, -0.2) is 26.8 Å². The average molecular weight is 246 g/mol. The minimum Gasteiger partial charge on any atom is -0.336 e. The molecule has 0 radical (unpaired) electrons. The summed E-state index contributed by atoms with van der Waals surface area (Å²) in [5.41, 5.74) is 8.12. The van der Waals surface area contributed by atoms with Crippen molar-refractivity contribution in [3.63, 3.8) is 0 Å². The van der Waals surface area contributed by atoms with E-state index in [9.17, 15) is 0 Å². The summed E-state index contributed by atoms with van der Waals surface area (Å²) in [7, 11) is 1.84. The van der Waals surface area contributed by atoms with E-state index in [1.807, 2.05) is 19.2 Å². The fraction of sp³-hybridized carbons (Fsp3) is 0.417. The third kappa shape index (κ3) is 2.48. The molecule has 6 nitrogen and oxygen atoms in total. The topological polar surface area (TPSA) is 72.9 Å². The highest BCUT2D eigenvalue weighted by Gasteiger charge is 2.13. The lowest BCUT2D eigenvalue weighted by molar-refractivity contribution is 0.682. The molecule has 0 atom stereocenters. The molecule has 0 aliphatic carbocycles. The number of tetrazole rings is 1. The van der Waals surface area contributed by atoms with Gasteiger partial charge in [0.05, 0.1) is 0 Å². The van der Waals surface area contributed by atoms with Crippen LogP contribution >= 0.6 is 0 Å². The number of hydrogen-bond acceptors (Lipinski definition) is 5. The molecule has 18 heavy (non-hydrogen) atoms. The second kappa shape index (κ2) is 5.59. The van der Waals surface area contributed by atoms with Crippen LogP contribution in [0.1, 0.15) is 18.1 Å². The first-order chi connectivity index (χ1) is 8.76. The maximum atomic E-state index is 5.75. The maximum Gasteiger partial charge on any atom is 0.245 e. The van der Waals surface area contributed by atoms with Crippen LogP contribution in [0, 0.1) is 0 Å². The van der Waals surface area contributed by atoms with Gasteiger partial charge in [-0.1, -0.05) is 29.4 Å². The molecule has 6 heteroatoms. The van der Waals surface area contributed by atoms with Gasteiger partial charge in [-0.05, 0) is 28.5 Å². The zero-order valence-electron chi connectivity index (χ0n) is 10.7. The van der Waals surface area contributed by atoms with Crippen molar-refractivity contribution in [1.29, 1.82) is 0 Å². The van der Waals surface area contributed by atoms with Gasteiger partial charge < -0.3 is 10.6 Å². The van der Waals surface area contributed by atoms with Crippen LogP contribution in [0.2, 0.25) is 0 Å². The van der Waals surface area contributed by atoms with Crippen molar-refractivity contribution in [2.24, 2.45) is 12.8 Å². The van der Waals surface area contributed by atoms with Crippen molar-refractivity contribution in [2.75, 3.05) is 11.4 Å². The van der Waals surface area contributed by atoms with E-state index in [4.69, 9.17) is 5.73 Å². The second-order valence-corrected chi connectivity index (χ2v) is 4.09. The van der Waals surface area contributed by atoms with Gasteiger partial charge in [0.1, 0.15) is 0 Å². The Morgan fingerprint density at radius 3 is 2.56 bits per heavy atom. The maximum absolute atomic E-state index is 5.75. The quantitative estimate of drug-likeness (QED) is 0.840. The Bertz CT molecular complexity index is 507. The zero-order valence-corrected chi connectivity index (χ0v) is 10.7. The van der Waals surface area contributed by atoms with Crippen LogP contribution in [0.3, 0.4) is 0 Å². The number of benzene rings is 1. The molecule has 1 aromatic carbocycles. The predicted octanol–water partition coefficient (Wildman–Crippen LogP) is 0.695. The summed E-state index contributed by atoms with van der Waals surface area (Å²) >= 11 is 0. The Hall–Kier alpha value is -1.95. The Labute approximate surface area is 106 Å². The Balaban J connectivity index is 2.23. The highest BCUT2D eigenvalue weighted by Crippen LogP contribution is 2.15. The molecular formula is C12H18N6. The van der Waals surface area contributed by atoms with Crippen LogP contribution in [0.15, 0.2) is 24.3 Å². The van der Waals surface area contributed by atoms with Crippen molar-refractivity contribution >= 4 is 5.95 Å². The molecule has 2 aromatic rings. The molecule has 0 aliphatic rings. The summed E-state index contributed by atoms with van der Waals surface area (Å²) in [6.07, 6.45) is 0. The van der Waals surface area contributed by atoms with Crippen LogP contribution < -0.4 is 10.6 Å². The molecule has 0 fully saturated rings. The van der Waals surface area contributed by atoms with E-state index in [1.54, 1.807) is 4.68 Å². The van der Waals surface area contributed by atoms with Crippen molar-refractivity contribution in [1.82, 2.24) is 20.2 Å². The average Bonchev–Trinajstić information content (AvgIpc) is 2.82. The number of aromatic nitrogens is 4. The molecule has 0 spiro atoms. The Morgan fingerprint density at radius 1 is 1.28 bits per heavy atom. The molecule has 1 heterocycles. The van der Waals surface area contributed by atoms with Gasteiger partial charge in [0.2, 0.25) is 5.95 Å². The summed E-state index contributed by atoms with van der Waals surface area (Å²) in [5.74, 6) is 0.768. The van der Waals surface area contributed by atoms with Crippen molar-refractivity contribution < 1.29 is 0 Å². The molecule has 96 valence electrons. The lowest BCUT2D eigenvalue weighted by atomic mass is 10.1. The van der Waals surface area contributed by atoms with Gasteiger partial charge in [-0.2, -0.15) is 0 Å². The fourth-order valence-electron chi connectivity index (χ4n) is 1.93.